The minimum absolute atomic E-state index is 0.0988. The number of benzene rings is 1. The number of hydrogen-bond donors (Lipinski definition) is 2. The molecule has 0 bridgehead atoms. The third-order valence-corrected chi connectivity index (χ3v) is 5.79. The molecule has 5 nitrogen and oxygen atoms in total. The van der Waals surface area contributed by atoms with Crippen LogP contribution < -0.4 is 4.72 Å². The molecule has 1 fully saturated rings. The molecular weight excluding hydrogens is 302 g/mol. The van der Waals surface area contributed by atoms with Gasteiger partial charge in [0, 0.05) is 10.6 Å². The number of halogens is 1. The second kappa shape index (κ2) is 5.35. The number of carbonyl (C=O) groups is 1. The summed E-state index contributed by atoms with van der Waals surface area (Å²) in [6.45, 7) is 1.63. The van der Waals surface area contributed by atoms with Gasteiger partial charge in [-0.3, -0.25) is 4.79 Å². The molecule has 0 radical (unpaired) electrons. The average Bonchev–Trinajstić information content (AvgIpc) is 2.28. The van der Waals surface area contributed by atoms with Gasteiger partial charge < -0.3 is 5.11 Å². The van der Waals surface area contributed by atoms with Crippen LogP contribution >= 0.6 is 11.6 Å². The summed E-state index contributed by atoms with van der Waals surface area (Å²) in [6.07, 6.45) is 1.70. The van der Waals surface area contributed by atoms with Crippen LogP contribution in [0.5, 0.6) is 0 Å². The van der Waals surface area contributed by atoms with Crippen molar-refractivity contribution in [3.63, 3.8) is 0 Å². The summed E-state index contributed by atoms with van der Waals surface area (Å²) in [5, 5.41) is 9.29. The summed E-state index contributed by atoms with van der Waals surface area (Å²) in [4.78, 5) is 11.0. The van der Waals surface area contributed by atoms with Crippen LogP contribution in [0.15, 0.2) is 23.1 Å². The number of carboxylic acid groups (broad SMARTS) is 1. The number of carboxylic acids is 1. The maximum atomic E-state index is 12.4. The lowest BCUT2D eigenvalue weighted by atomic mass is 9.75. The normalized spacial score (nSPS) is 17.5. The zero-order chi connectivity index (χ0) is 15.0. The summed E-state index contributed by atoms with van der Waals surface area (Å²) in [6, 6.07) is 4.65. The van der Waals surface area contributed by atoms with Gasteiger partial charge in [0.05, 0.1) is 11.3 Å². The maximum absolute atomic E-state index is 12.4. The number of nitrogens with one attached hydrogen (secondary N) is 1. The second-order valence-electron chi connectivity index (χ2n) is 5.17. The van der Waals surface area contributed by atoms with Crippen LogP contribution in [0.4, 0.5) is 0 Å². The van der Waals surface area contributed by atoms with E-state index in [1.807, 2.05) is 0 Å². The fourth-order valence-corrected chi connectivity index (χ4v) is 4.38. The van der Waals surface area contributed by atoms with Gasteiger partial charge in [-0.15, -0.1) is 0 Å². The molecule has 20 heavy (non-hydrogen) atoms. The van der Waals surface area contributed by atoms with E-state index >= 15 is 0 Å². The van der Waals surface area contributed by atoms with Gasteiger partial charge in [0.1, 0.15) is 0 Å². The van der Waals surface area contributed by atoms with E-state index in [-0.39, 0.29) is 11.3 Å². The zero-order valence-corrected chi connectivity index (χ0v) is 12.6. The molecule has 0 amide bonds. The van der Waals surface area contributed by atoms with Crippen LogP contribution in [0, 0.1) is 6.92 Å². The highest BCUT2D eigenvalue weighted by molar-refractivity contribution is 7.89. The molecule has 2 rings (SSSR count). The third-order valence-electron chi connectivity index (χ3n) is 3.66. The first-order chi connectivity index (χ1) is 9.26. The van der Waals surface area contributed by atoms with E-state index in [0.717, 1.165) is 6.42 Å². The van der Waals surface area contributed by atoms with E-state index in [1.165, 1.54) is 6.07 Å². The van der Waals surface area contributed by atoms with Crippen LogP contribution in [-0.2, 0) is 14.8 Å². The summed E-state index contributed by atoms with van der Waals surface area (Å²) < 4.78 is 27.4. The van der Waals surface area contributed by atoms with Crippen molar-refractivity contribution in [3.8, 4) is 0 Å². The molecule has 0 aliphatic heterocycles. The molecule has 0 aromatic heterocycles. The Morgan fingerprint density at radius 3 is 2.60 bits per heavy atom. The van der Waals surface area contributed by atoms with E-state index in [1.54, 1.807) is 19.1 Å². The Labute approximate surface area is 123 Å². The third kappa shape index (κ3) is 2.97. The Kier molecular flexibility index (Phi) is 4.09. The van der Waals surface area contributed by atoms with Gasteiger partial charge in [0.2, 0.25) is 10.0 Å². The molecule has 7 heteroatoms. The lowest BCUT2D eigenvalue weighted by molar-refractivity contribution is -0.139. The number of sulfonamides is 1. The van der Waals surface area contributed by atoms with E-state index in [2.05, 4.69) is 4.72 Å². The quantitative estimate of drug-likeness (QED) is 0.873. The molecule has 1 aliphatic rings. The SMILES string of the molecule is Cc1c(Cl)cccc1S(=O)(=O)NC1(CC(=O)O)CCC1. The van der Waals surface area contributed by atoms with Crippen LogP contribution in [-0.4, -0.2) is 25.0 Å². The first kappa shape index (κ1) is 15.3. The van der Waals surface area contributed by atoms with Gasteiger partial charge in [-0.05, 0) is 43.9 Å². The monoisotopic (exact) mass is 317 g/mol. The molecule has 1 aliphatic carbocycles. The number of hydrogen-bond acceptors (Lipinski definition) is 3. The Bertz CT molecular complexity index is 638. The number of aliphatic carboxylic acids is 1. The van der Waals surface area contributed by atoms with Crippen molar-refractivity contribution in [2.45, 2.75) is 43.0 Å². The lowest BCUT2D eigenvalue weighted by Gasteiger charge is -2.41. The Morgan fingerprint density at radius 2 is 2.10 bits per heavy atom. The zero-order valence-electron chi connectivity index (χ0n) is 11.0. The summed E-state index contributed by atoms with van der Waals surface area (Å²) in [7, 11) is -3.78. The molecule has 1 aromatic carbocycles. The van der Waals surface area contributed by atoms with Crippen molar-refractivity contribution >= 4 is 27.6 Å². The first-order valence-corrected chi connectivity index (χ1v) is 8.13. The Morgan fingerprint density at radius 1 is 1.45 bits per heavy atom. The minimum atomic E-state index is -3.78. The van der Waals surface area contributed by atoms with Crippen LogP contribution in [0.1, 0.15) is 31.2 Å². The van der Waals surface area contributed by atoms with Gasteiger partial charge >= 0.3 is 5.97 Å². The van der Waals surface area contributed by atoms with Crippen molar-refractivity contribution in [1.29, 1.82) is 0 Å². The fraction of sp³-hybridized carbons (Fsp3) is 0.462. The van der Waals surface area contributed by atoms with Crippen LogP contribution in [0.2, 0.25) is 5.02 Å². The maximum Gasteiger partial charge on any atom is 0.305 e. The Balaban J connectivity index is 2.31. The minimum Gasteiger partial charge on any atom is -0.481 e. The average molecular weight is 318 g/mol. The van der Waals surface area contributed by atoms with Crippen molar-refractivity contribution in [3.05, 3.63) is 28.8 Å². The second-order valence-corrected chi connectivity index (χ2v) is 7.23. The Hall–Kier alpha value is -1.11. The van der Waals surface area contributed by atoms with Gasteiger partial charge in [0.15, 0.2) is 0 Å². The van der Waals surface area contributed by atoms with Crippen LogP contribution in [0.3, 0.4) is 0 Å². The van der Waals surface area contributed by atoms with E-state index in [9.17, 15) is 13.2 Å². The molecule has 0 spiro atoms. The van der Waals surface area contributed by atoms with E-state index in [0.29, 0.717) is 23.4 Å². The lowest BCUT2D eigenvalue weighted by Crippen LogP contribution is -2.54. The van der Waals surface area contributed by atoms with Crippen LogP contribution in [0.25, 0.3) is 0 Å². The predicted octanol–water partition coefficient (Wildman–Crippen LogP) is 2.32. The molecule has 1 aromatic rings. The summed E-state index contributed by atoms with van der Waals surface area (Å²) in [5.41, 5.74) is -0.397. The van der Waals surface area contributed by atoms with Gasteiger partial charge in [-0.25, -0.2) is 13.1 Å². The fourth-order valence-electron chi connectivity index (χ4n) is 2.43. The molecule has 1 saturated carbocycles. The highest BCUT2D eigenvalue weighted by Gasteiger charge is 2.42. The molecule has 2 N–H and O–H groups in total. The van der Waals surface area contributed by atoms with Gasteiger partial charge in [-0.2, -0.15) is 0 Å². The molecule has 0 heterocycles. The van der Waals surface area contributed by atoms with E-state index in [4.69, 9.17) is 16.7 Å². The van der Waals surface area contributed by atoms with Crippen molar-refractivity contribution in [2.75, 3.05) is 0 Å². The van der Waals surface area contributed by atoms with E-state index < -0.39 is 21.5 Å². The highest BCUT2D eigenvalue weighted by Crippen LogP contribution is 2.37. The molecule has 0 saturated heterocycles. The highest BCUT2D eigenvalue weighted by atomic mass is 35.5. The van der Waals surface area contributed by atoms with Crippen molar-refractivity contribution in [1.82, 2.24) is 4.72 Å². The van der Waals surface area contributed by atoms with Gasteiger partial charge in [0.25, 0.3) is 0 Å². The molecule has 0 atom stereocenters. The smallest absolute Gasteiger partial charge is 0.305 e. The first-order valence-electron chi connectivity index (χ1n) is 6.27. The molecular formula is C13H16ClNO4S. The summed E-state index contributed by atoms with van der Waals surface area (Å²) in [5.74, 6) is -1.00. The van der Waals surface area contributed by atoms with Crippen molar-refractivity contribution < 1.29 is 18.3 Å². The predicted molar refractivity (Wildman–Crippen MR) is 75.3 cm³/mol. The van der Waals surface area contributed by atoms with Crippen molar-refractivity contribution in [2.24, 2.45) is 0 Å². The standard InChI is InChI=1S/C13H16ClNO4S/c1-9-10(14)4-2-5-11(9)20(18,19)15-13(6-3-7-13)8-12(16)17/h2,4-5,15H,3,6-8H2,1H3,(H,16,17). The largest absolute Gasteiger partial charge is 0.481 e. The van der Waals surface area contributed by atoms with Gasteiger partial charge in [-0.1, -0.05) is 17.7 Å². The summed E-state index contributed by atoms with van der Waals surface area (Å²) >= 11 is 5.94. The topological polar surface area (TPSA) is 83.5 Å². The molecule has 0 unspecified atom stereocenters. The number of rotatable bonds is 5. The molecule has 110 valence electrons.